The Morgan fingerprint density at radius 2 is 2.31 bits per heavy atom. The van der Waals surface area contributed by atoms with E-state index >= 15 is 0 Å². The molecule has 1 atom stereocenters. The lowest BCUT2D eigenvalue weighted by atomic mass is 10.3. The summed E-state index contributed by atoms with van der Waals surface area (Å²) in [5.74, 6) is -0.298. The van der Waals surface area contributed by atoms with Crippen LogP contribution in [-0.2, 0) is 11.2 Å². The van der Waals surface area contributed by atoms with Gasteiger partial charge in [-0.3, -0.25) is 4.79 Å². The third-order valence-electron chi connectivity index (χ3n) is 1.96. The van der Waals surface area contributed by atoms with E-state index in [1.165, 1.54) is 6.92 Å². The van der Waals surface area contributed by atoms with Gasteiger partial charge in [0.1, 0.15) is 11.8 Å². The minimum absolute atomic E-state index is 0.395. The lowest BCUT2D eigenvalue weighted by molar-refractivity contribution is -0.138. The Hall–Kier alpha value is -1.98. The van der Waals surface area contributed by atoms with Crippen LogP contribution < -0.4 is 10.6 Å². The van der Waals surface area contributed by atoms with Gasteiger partial charge in [-0.2, -0.15) is 0 Å². The van der Waals surface area contributed by atoms with E-state index in [2.05, 4.69) is 10.6 Å². The predicted molar refractivity (Wildman–Crippen MR) is 56.0 cm³/mol. The highest BCUT2D eigenvalue weighted by Crippen LogP contribution is 1.99. The van der Waals surface area contributed by atoms with Crippen molar-refractivity contribution in [3.05, 3.63) is 24.2 Å². The van der Waals surface area contributed by atoms with E-state index in [4.69, 9.17) is 9.52 Å². The number of urea groups is 1. The fraction of sp³-hybridized carbons (Fsp3) is 0.400. The fourth-order valence-corrected chi connectivity index (χ4v) is 1.06. The summed E-state index contributed by atoms with van der Waals surface area (Å²) < 4.78 is 5.07. The summed E-state index contributed by atoms with van der Waals surface area (Å²) in [6.07, 6.45) is 2.13. The Labute approximate surface area is 92.6 Å². The van der Waals surface area contributed by atoms with Crippen LogP contribution in [0.15, 0.2) is 22.8 Å². The zero-order chi connectivity index (χ0) is 12.0. The summed E-state index contributed by atoms with van der Waals surface area (Å²) in [6.45, 7) is 1.79. The maximum absolute atomic E-state index is 11.2. The molecule has 6 heteroatoms. The second-order valence-electron chi connectivity index (χ2n) is 3.29. The Balaban J connectivity index is 2.18. The van der Waals surface area contributed by atoms with Crippen LogP contribution in [0.5, 0.6) is 0 Å². The first-order valence-corrected chi connectivity index (χ1v) is 4.89. The second-order valence-corrected chi connectivity index (χ2v) is 3.29. The molecule has 88 valence electrons. The molecule has 2 amide bonds. The number of amides is 2. The maximum Gasteiger partial charge on any atom is 0.325 e. The SMILES string of the molecule is C[C@@H](NC(=O)NCCc1ccco1)C(=O)O. The van der Waals surface area contributed by atoms with Gasteiger partial charge in [0.15, 0.2) is 0 Å². The van der Waals surface area contributed by atoms with Crippen molar-refractivity contribution in [1.82, 2.24) is 10.6 Å². The molecule has 6 nitrogen and oxygen atoms in total. The van der Waals surface area contributed by atoms with Crippen molar-refractivity contribution < 1.29 is 19.1 Å². The van der Waals surface area contributed by atoms with Crippen LogP contribution in [0.1, 0.15) is 12.7 Å². The number of carboxylic acids is 1. The molecule has 1 heterocycles. The normalized spacial score (nSPS) is 11.8. The summed E-state index contributed by atoms with van der Waals surface area (Å²) in [4.78, 5) is 21.6. The molecule has 1 aromatic rings. The van der Waals surface area contributed by atoms with Crippen molar-refractivity contribution in [3.8, 4) is 0 Å². The highest BCUT2D eigenvalue weighted by Gasteiger charge is 2.12. The number of rotatable bonds is 5. The largest absolute Gasteiger partial charge is 0.480 e. The molecule has 0 radical (unpaired) electrons. The number of hydrogen-bond acceptors (Lipinski definition) is 3. The molecule has 0 fully saturated rings. The molecule has 0 aliphatic heterocycles. The Morgan fingerprint density at radius 3 is 2.88 bits per heavy atom. The molecule has 0 aliphatic carbocycles. The summed E-state index contributed by atoms with van der Waals surface area (Å²) in [6, 6.07) is 2.17. The molecule has 0 bridgehead atoms. The third kappa shape index (κ3) is 4.04. The van der Waals surface area contributed by atoms with Crippen molar-refractivity contribution in [3.63, 3.8) is 0 Å². The first kappa shape index (κ1) is 12.1. The molecule has 0 unspecified atom stereocenters. The van der Waals surface area contributed by atoms with Crippen molar-refractivity contribution in [2.75, 3.05) is 6.54 Å². The number of furan rings is 1. The monoisotopic (exact) mass is 226 g/mol. The summed E-state index contributed by atoms with van der Waals surface area (Å²) in [7, 11) is 0. The van der Waals surface area contributed by atoms with E-state index in [9.17, 15) is 9.59 Å². The van der Waals surface area contributed by atoms with Crippen LogP contribution in [0, 0.1) is 0 Å². The fourth-order valence-electron chi connectivity index (χ4n) is 1.06. The summed E-state index contributed by atoms with van der Waals surface area (Å²) in [5.41, 5.74) is 0. The molecular formula is C10H14N2O4. The van der Waals surface area contributed by atoms with E-state index in [-0.39, 0.29) is 0 Å². The number of aliphatic carboxylic acids is 1. The molecule has 0 aromatic carbocycles. The van der Waals surface area contributed by atoms with Gasteiger partial charge in [0.25, 0.3) is 0 Å². The van der Waals surface area contributed by atoms with Crippen molar-refractivity contribution in [2.24, 2.45) is 0 Å². The first-order valence-electron chi connectivity index (χ1n) is 4.89. The topological polar surface area (TPSA) is 91.6 Å². The van der Waals surface area contributed by atoms with Gasteiger partial charge in [-0.15, -0.1) is 0 Å². The molecule has 0 saturated heterocycles. The minimum atomic E-state index is -1.07. The lowest BCUT2D eigenvalue weighted by Gasteiger charge is -2.09. The molecule has 1 rings (SSSR count). The van der Waals surface area contributed by atoms with E-state index in [0.717, 1.165) is 5.76 Å². The van der Waals surface area contributed by atoms with Crippen LogP contribution in [0.2, 0.25) is 0 Å². The number of carbonyl (C=O) groups is 2. The maximum atomic E-state index is 11.2. The molecule has 3 N–H and O–H groups in total. The molecular weight excluding hydrogens is 212 g/mol. The van der Waals surface area contributed by atoms with Crippen molar-refractivity contribution in [1.29, 1.82) is 0 Å². The Bertz CT molecular complexity index is 348. The van der Waals surface area contributed by atoms with Gasteiger partial charge in [0.2, 0.25) is 0 Å². The smallest absolute Gasteiger partial charge is 0.325 e. The van der Waals surface area contributed by atoms with Crippen LogP contribution in [0.4, 0.5) is 4.79 Å². The average Bonchev–Trinajstić information content (AvgIpc) is 2.70. The second kappa shape index (κ2) is 5.79. The van der Waals surface area contributed by atoms with Gasteiger partial charge < -0.3 is 20.2 Å². The Morgan fingerprint density at radius 1 is 1.56 bits per heavy atom. The molecule has 0 aliphatic rings. The van der Waals surface area contributed by atoms with Gasteiger partial charge in [-0.1, -0.05) is 0 Å². The number of carboxylic acid groups (broad SMARTS) is 1. The predicted octanol–water partition coefficient (Wildman–Crippen LogP) is 0.594. The van der Waals surface area contributed by atoms with Crippen LogP contribution >= 0.6 is 0 Å². The Kier molecular flexibility index (Phi) is 4.38. The lowest BCUT2D eigenvalue weighted by Crippen LogP contribution is -2.44. The van der Waals surface area contributed by atoms with Gasteiger partial charge in [0.05, 0.1) is 6.26 Å². The van der Waals surface area contributed by atoms with E-state index in [1.807, 2.05) is 0 Å². The van der Waals surface area contributed by atoms with Gasteiger partial charge in [-0.25, -0.2) is 4.79 Å². The van der Waals surface area contributed by atoms with Crippen LogP contribution in [0.3, 0.4) is 0 Å². The highest BCUT2D eigenvalue weighted by atomic mass is 16.4. The van der Waals surface area contributed by atoms with Crippen LogP contribution in [0.25, 0.3) is 0 Å². The number of nitrogens with one attached hydrogen (secondary N) is 2. The quantitative estimate of drug-likeness (QED) is 0.685. The number of hydrogen-bond donors (Lipinski definition) is 3. The zero-order valence-electron chi connectivity index (χ0n) is 8.90. The van der Waals surface area contributed by atoms with E-state index in [0.29, 0.717) is 13.0 Å². The molecule has 0 saturated carbocycles. The standard InChI is InChI=1S/C10H14N2O4/c1-7(9(13)14)12-10(15)11-5-4-8-3-2-6-16-8/h2-3,6-7H,4-5H2,1H3,(H,13,14)(H2,11,12,15)/t7-/m1/s1. The zero-order valence-corrected chi connectivity index (χ0v) is 8.90. The van der Waals surface area contributed by atoms with Gasteiger partial charge in [0, 0.05) is 13.0 Å². The van der Waals surface area contributed by atoms with E-state index in [1.54, 1.807) is 18.4 Å². The highest BCUT2D eigenvalue weighted by molar-refractivity contribution is 5.82. The molecule has 0 spiro atoms. The first-order chi connectivity index (χ1) is 7.59. The van der Waals surface area contributed by atoms with Gasteiger partial charge >= 0.3 is 12.0 Å². The minimum Gasteiger partial charge on any atom is -0.480 e. The number of carbonyl (C=O) groups excluding carboxylic acids is 1. The summed E-state index contributed by atoms with van der Waals surface area (Å²) in [5, 5.41) is 13.4. The molecule has 16 heavy (non-hydrogen) atoms. The summed E-state index contributed by atoms with van der Waals surface area (Å²) >= 11 is 0. The van der Waals surface area contributed by atoms with Gasteiger partial charge in [-0.05, 0) is 19.1 Å². The molecule has 1 aromatic heterocycles. The van der Waals surface area contributed by atoms with Crippen molar-refractivity contribution in [2.45, 2.75) is 19.4 Å². The average molecular weight is 226 g/mol. The van der Waals surface area contributed by atoms with E-state index < -0.39 is 18.0 Å². The third-order valence-corrected chi connectivity index (χ3v) is 1.96. The van der Waals surface area contributed by atoms with Crippen molar-refractivity contribution >= 4 is 12.0 Å². The van der Waals surface area contributed by atoms with Crippen LogP contribution in [-0.4, -0.2) is 29.7 Å².